The van der Waals surface area contributed by atoms with Crippen LogP contribution in [0.25, 0.3) is 0 Å². The molecule has 0 radical (unpaired) electrons. The molecule has 0 aliphatic carbocycles. The Morgan fingerprint density at radius 3 is 2.67 bits per heavy atom. The topological polar surface area (TPSA) is 68.1 Å². The highest BCUT2D eigenvalue weighted by molar-refractivity contribution is 7.89. The van der Waals surface area contributed by atoms with Crippen LogP contribution in [0.4, 0.5) is 0 Å². The van der Waals surface area contributed by atoms with E-state index in [2.05, 4.69) is 10.2 Å². The first-order valence-corrected chi connectivity index (χ1v) is 8.60. The first kappa shape index (κ1) is 14.5. The standard InChI is InChI=1S/C13H15ClN4O2S/c14-6-5-11-1-3-12(4-2-11)21(19,20)18-8-7-17-10-15-16-13(17)9-18/h1-4,10H,5-9H2. The second kappa shape index (κ2) is 5.75. The summed E-state index contributed by atoms with van der Waals surface area (Å²) in [4.78, 5) is 0.300. The first-order chi connectivity index (χ1) is 10.1. The predicted octanol–water partition coefficient (Wildman–Crippen LogP) is 1.26. The second-order valence-electron chi connectivity index (χ2n) is 4.86. The molecule has 8 heteroatoms. The van der Waals surface area contributed by atoms with Gasteiger partial charge in [0.2, 0.25) is 10.0 Å². The Hall–Kier alpha value is -1.44. The molecule has 112 valence electrons. The third-order valence-corrected chi connectivity index (χ3v) is 5.60. The van der Waals surface area contributed by atoms with Gasteiger partial charge in [-0.2, -0.15) is 4.31 Å². The summed E-state index contributed by atoms with van der Waals surface area (Å²) in [5.41, 5.74) is 1.03. The lowest BCUT2D eigenvalue weighted by atomic mass is 10.2. The molecular weight excluding hydrogens is 312 g/mol. The van der Waals surface area contributed by atoms with Gasteiger partial charge in [-0.15, -0.1) is 21.8 Å². The van der Waals surface area contributed by atoms with Gasteiger partial charge in [0, 0.05) is 19.0 Å². The first-order valence-electron chi connectivity index (χ1n) is 6.63. The zero-order chi connectivity index (χ0) is 14.9. The average molecular weight is 327 g/mol. The van der Waals surface area contributed by atoms with Crippen LogP contribution in [0.2, 0.25) is 0 Å². The number of halogens is 1. The lowest BCUT2D eigenvalue weighted by Gasteiger charge is -2.26. The molecule has 0 N–H and O–H groups in total. The zero-order valence-corrected chi connectivity index (χ0v) is 12.9. The number of aryl methyl sites for hydroxylation is 1. The van der Waals surface area contributed by atoms with Gasteiger partial charge in [0.05, 0.1) is 11.4 Å². The largest absolute Gasteiger partial charge is 0.315 e. The Morgan fingerprint density at radius 2 is 1.95 bits per heavy atom. The lowest BCUT2D eigenvalue weighted by Crippen LogP contribution is -2.38. The fourth-order valence-electron chi connectivity index (χ4n) is 2.34. The number of hydrogen-bond donors (Lipinski definition) is 0. The van der Waals surface area contributed by atoms with Crippen LogP contribution >= 0.6 is 11.6 Å². The van der Waals surface area contributed by atoms with Gasteiger partial charge in [-0.3, -0.25) is 0 Å². The number of aromatic nitrogens is 3. The fraction of sp³-hybridized carbons (Fsp3) is 0.385. The molecule has 0 fully saturated rings. The van der Waals surface area contributed by atoms with Crippen LogP contribution in [-0.2, 0) is 29.5 Å². The molecule has 0 saturated carbocycles. The highest BCUT2D eigenvalue weighted by Gasteiger charge is 2.29. The number of hydrogen-bond acceptors (Lipinski definition) is 4. The Morgan fingerprint density at radius 1 is 1.19 bits per heavy atom. The third kappa shape index (κ3) is 2.81. The molecule has 1 aromatic heterocycles. The minimum Gasteiger partial charge on any atom is -0.315 e. The van der Waals surface area contributed by atoms with Gasteiger partial charge in [-0.1, -0.05) is 12.1 Å². The van der Waals surface area contributed by atoms with Gasteiger partial charge in [-0.05, 0) is 24.1 Å². The van der Waals surface area contributed by atoms with E-state index in [9.17, 15) is 8.42 Å². The van der Waals surface area contributed by atoms with Crippen molar-refractivity contribution in [1.82, 2.24) is 19.1 Å². The van der Waals surface area contributed by atoms with Crippen molar-refractivity contribution in [2.24, 2.45) is 0 Å². The number of alkyl halides is 1. The Kier molecular flexibility index (Phi) is 3.97. The molecule has 1 aromatic carbocycles. The monoisotopic (exact) mass is 326 g/mol. The molecule has 0 bridgehead atoms. The maximum Gasteiger partial charge on any atom is 0.243 e. The van der Waals surface area contributed by atoms with E-state index in [4.69, 9.17) is 11.6 Å². The summed E-state index contributed by atoms with van der Waals surface area (Å²) in [7, 11) is -3.50. The van der Waals surface area contributed by atoms with Gasteiger partial charge >= 0.3 is 0 Å². The number of benzene rings is 1. The average Bonchev–Trinajstić information content (AvgIpc) is 2.95. The molecule has 6 nitrogen and oxygen atoms in total. The van der Waals surface area contributed by atoms with Crippen molar-refractivity contribution < 1.29 is 8.42 Å². The third-order valence-electron chi connectivity index (χ3n) is 3.55. The van der Waals surface area contributed by atoms with Crippen molar-refractivity contribution in [3.8, 4) is 0 Å². The molecule has 0 unspecified atom stereocenters. The van der Waals surface area contributed by atoms with Crippen LogP contribution < -0.4 is 0 Å². The van der Waals surface area contributed by atoms with E-state index in [1.54, 1.807) is 18.5 Å². The van der Waals surface area contributed by atoms with Crippen LogP contribution in [0.3, 0.4) is 0 Å². The number of sulfonamides is 1. The summed E-state index contributed by atoms with van der Waals surface area (Å²) >= 11 is 5.68. The molecule has 0 saturated heterocycles. The molecule has 0 amide bonds. The molecule has 2 heterocycles. The van der Waals surface area contributed by atoms with Gasteiger partial charge in [-0.25, -0.2) is 8.42 Å². The van der Waals surface area contributed by atoms with Crippen molar-refractivity contribution in [3.05, 3.63) is 42.0 Å². The molecule has 1 aliphatic rings. The van der Waals surface area contributed by atoms with E-state index in [0.29, 0.717) is 29.7 Å². The van der Waals surface area contributed by atoms with Crippen molar-refractivity contribution in [3.63, 3.8) is 0 Å². The zero-order valence-electron chi connectivity index (χ0n) is 11.3. The minimum atomic E-state index is -3.50. The van der Waals surface area contributed by atoms with Gasteiger partial charge in [0.25, 0.3) is 0 Å². The second-order valence-corrected chi connectivity index (χ2v) is 7.18. The van der Waals surface area contributed by atoms with E-state index < -0.39 is 10.0 Å². The lowest BCUT2D eigenvalue weighted by molar-refractivity contribution is 0.335. The summed E-state index contributed by atoms with van der Waals surface area (Å²) in [6, 6.07) is 6.89. The summed E-state index contributed by atoms with van der Waals surface area (Å²) < 4.78 is 28.6. The molecule has 21 heavy (non-hydrogen) atoms. The maximum absolute atomic E-state index is 12.6. The predicted molar refractivity (Wildman–Crippen MR) is 78.5 cm³/mol. The smallest absolute Gasteiger partial charge is 0.243 e. The summed E-state index contributed by atoms with van der Waals surface area (Å²) in [5.74, 6) is 1.19. The van der Waals surface area contributed by atoms with Gasteiger partial charge in [0.1, 0.15) is 12.2 Å². The Balaban J connectivity index is 1.84. The molecule has 0 spiro atoms. The van der Waals surface area contributed by atoms with Crippen molar-refractivity contribution in [2.45, 2.75) is 24.4 Å². The summed E-state index contributed by atoms with van der Waals surface area (Å²) in [6.07, 6.45) is 2.36. The van der Waals surface area contributed by atoms with E-state index in [0.717, 1.165) is 12.0 Å². The number of nitrogens with zero attached hydrogens (tertiary/aromatic N) is 4. The quantitative estimate of drug-likeness (QED) is 0.793. The molecule has 3 rings (SSSR count). The van der Waals surface area contributed by atoms with Gasteiger partial charge < -0.3 is 4.57 Å². The summed E-state index contributed by atoms with van der Waals surface area (Å²) in [5, 5.41) is 7.75. The minimum absolute atomic E-state index is 0.256. The van der Waals surface area contributed by atoms with Crippen LogP contribution in [0.1, 0.15) is 11.4 Å². The van der Waals surface area contributed by atoms with Crippen LogP contribution in [0.15, 0.2) is 35.5 Å². The van der Waals surface area contributed by atoms with Gasteiger partial charge in [0.15, 0.2) is 0 Å². The normalized spacial score (nSPS) is 15.9. The van der Waals surface area contributed by atoms with E-state index in [1.165, 1.54) is 4.31 Å². The van der Waals surface area contributed by atoms with Crippen LogP contribution in [0.5, 0.6) is 0 Å². The van der Waals surface area contributed by atoms with Crippen molar-refractivity contribution >= 4 is 21.6 Å². The van der Waals surface area contributed by atoms with Crippen molar-refractivity contribution in [1.29, 1.82) is 0 Å². The van der Waals surface area contributed by atoms with Crippen molar-refractivity contribution in [2.75, 3.05) is 12.4 Å². The molecule has 2 aromatic rings. The molecule has 0 atom stereocenters. The SMILES string of the molecule is O=S(=O)(c1ccc(CCCl)cc1)N1CCn2cnnc2C1. The maximum atomic E-state index is 12.6. The Bertz CT molecular complexity index is 727. The number of rotatable bonds is 4. The Labute approximate surface area is 128 Å². The van der Waals surface area contributed by atoms with Crippen LogP contribution in [-0.4, -0.2) is 39.9 Å². The van der Waals surface area contributed by atoms with E-state index in [1.807, 2.05) is 16.7 Å². The molecule has 1 aliphatic heterocycles. The fourth-order valence-corrected chi connectivity index (χ4v) is 3.94. The van der Waals surface area contributed by atoms with Crippen LogP contribution in [0, 0.1) is 0 Å². The highest BCUT2D eigenvalue weighted by atomic mass is 35.5. The van der Waals surface area contributed by atoms with E-state index >= 15 is 0 Å². The summed E-state index contributed by atoms with van der Waals surface area (Å²) in [6.45, 7) is 1.26. The molecular formula is C13H15ClN4O2S. The van der Waals surface area contributed by atoms with E-state index in [-0.39, 0.29) is 6.54 Å². The number of fused-ring (bicyclic) bond motifs is 1. The highest BCUT2D eigenvalue weighted by Crippen LogP contribution is 2.21.